The van der Waals surface area contributed by atoms with E-state index in [1.807, 2.05) is 26.0 Å². The summed E-state index contributed by atoms with van der Waals surface area (Å²) < 4.78 is 33.0. The Morgan fingerprint density at radius 3 is 2.71 bits per heavy atom. The van der Waals surface area contributed by atoms with Gasteiger partial charge in [0, 0.05) is 28.6 Å². The summed E-state index contributed by atoms with van der Waals surface area (Å²) in [6.45, 7) is 6.64. The molecule has 2 heterocycles. The van der Waals surface area contributed by atoms with Crippen LogP contribution in [0.3, 0.4) is 0 Å². The summed E-state index contributed by atoms with van der Waals surface area (Å²) in [4.78, 5) is 6.04. The van der Waals surface area contributed by atoms with E-state index in [-0.39, 0.29) is 0 Å². The van der Waals surface area contributed by atoms with Crippen molar-refractivity contribution in [2.24, 2.45) is 0 Å². The van der Waals surface area contributed by atoms with Gasteiger partial charge in [-0.05, 0) is 31.5 Å². The molecule has 0 radical (unpaired) electrons. The lowest BCUT2D eigenvalue weighted by molar-refractivity contribution is 0.419. The average Bonchev–Trinajstić information content (AvgIpc) is 3.29. The van der Waals surface area contributed by atoms with Crippen LogP contribution in [-0.4, -0.2) is 36.0 Å². The first-order valence-corrected chi connectivity index (χ1v) is 11.7. The monoisotopic (exact) mass is 439 g/mol. The molecule has 0 aliphatic heterocycles. The lowest BCUT2D eigenvalue weighted by Gasteiger charge is -2.19. The van der Waals surface area contributed by atoms with Crippen LogP contribution in [-0.2, 0) is 10.0 Å². The van der Waals surface area contributed by atoms with Gasteiger partial charge in [-0.1, -0.05) is 49.2 Å². The van der Waals surface area contributed by atoms with Crippen molar-refractivity contribution in [1.82, 2.24) is 14.4 Å². The van der Waals surface area contributed by atoms with Gasteiger partial charge in [-0.15, -0.1) is 11.3 Å². The lowest BCUT2D eigenvalue weighted by Crippen LogP contribution is -2.31. The van der Waals surface area contributed by atoms with Crippen LogP contribution in [0.5, 0.6) is 0 Å². The minimum atomic E-state index is -3.56. The highest BCUT2D eigenvalue weighted by Crippen LogP contribution is 2.35. The second-order valence-electron chi connectivity index (χ2n) is 6.31. The normalized spacial score (nSPS) is 12.0. The van der Waals surface area contributed by atoms with Crippen molar-refractivity contribution in [2.45, 2.75) is 38.5 Å². The molecule has 0 bridgehead atoms. The lowest BCUT2D eigenvalue weighted by atomic mass is 10.2. The van der Waals surface area contributed by atoms with Crippen LogP contribution in [0, 0.1) is 6.92 Å². The zero-order chi connectivity index (χ0) is 20.3. The van der Waals surface area contributed by atoms with Crippen LogP contribution in [0.4, 0.5) is 0 Å². The molecule has 0 atom stereocenters. The van der Waals surface area contributed by atoms with Crippen LogP contribution < -0.4 is 0 Å². The number of halogens is 1. The molecule has 0 unspecified atom stereocenters. The smallest absolute Gasteiger partial charge is 0.268 e. The van der Waals surface area contributed by atoms with Crippen molar-refractivity contribution < 1.29 is 12.9 Å². The number of thiophene rings is 1. The van der Waals surface area contributed by atoms with E-state index < -0.39 is 10.0 Å². The molecule has 2 aromatic heterocycles. The van der Waals surface area contributed by atoms with Crippen molar-refractivity contribution in [2.75, 3.05) is 13.1 Å². The van der Waals surface area contributed by atoms with E-state index in [2.05, 4.69) is 10.1 Å². The quantitative estimate of drug-likeness (QED) is 0.479. The number of sulfonamides is 1. The van der Waals surface area contributed by atoms with Crippen LogP contribution in [0.2, 0.25) is 5.02 Å². The summed E-state index contributed by atoms with van der Waals surface area (Å²) in [5, 5.41) is 4.58. The molecule has 28 heavy (non-hydrogen) atoms. The fourth-order valence-corrected chi connectivity index (χ4v) is 5.98. The molecule has 1 aromatic carbocycles. The maximum Gasteiger partial charge on any atom is 0.268 e. The molecule has 0 amide bonds. The number of aryl methyl sites for hydroxylation is 1. The molecule has 0 fully saturated rings. The Kier molecular flexibility index (Phi) is 6.54. The van der Waals surface area contributed by atoms with E-state index in [1.54, 1.807) is 25.1 Å². The predicted octanol–water partition coefficient (Wildman–Crippen LogP) is 5.24. The first-order chi connectivity index (χ1) is 13.4. The van der Waals surface area contributed by atoms with Gasteiger partial charge in [0.15, 0.2) is 0 Å². The predicted molar refractivity (Wildman–Crippen MR) is 112 cm³/mol. The summed E-state index contributed by atoms with van der Waals surface area (Å²) in [5.74, 6) is 0.701. The third-order valence-corrected chi connectivity index (χ3v) is 7.83. The highest BCUT2D eigenvalue weighted by molar-refractivity contribution is 7.89. The van der Waals surface area contributed by atoms with E-state index in [0.29, 0.717) is 44.5 Å². The number of rotatable bonds is 8. The minimum Gasteiger partial charge on any atom is -0.333 e. The molecule has 0 spiro atoms. The van der Waals surface area contributed by atoms with E-state index in [9.17, 15) is 8.42 Å². The number of benzene rings is 1. The highest BCUT2D eigenvalue weighted by atomic mass is 35.5. The molecular formula is C19H22ClN3O3S2. The minimum absolute atomic E-state index is 0.293. The zero-order valence-electron chi connectivity index (χ0n) is 16.0. The van der Waals surface area contributed by atoms with Crippen molar-refractivity contribution in [3.8, 4) is 22.2 Å². The molecule has 0 N–H and O–H groups in total. The average molecular weight is 440 g/mol. The maximum atomic E-state index is 13.1. The molecule has 3 aromatic rings. The van der Waals surface area contributed by atoms with Gasteiger partial charge in [0.1, 0.15) is 0 Å². The SMILES string of the molecule is CCCCN(CC)S(=O)(=O)c1cc(-c2nc(-c3cccc(Cl)c3)no2)sc1C. The number of unbranched alkanes of at least 4 members (excludes halogenated alkanes) is 1. The van der Waals surface area contributed by atoms with Crippen LogP contribution >= 0.6 is 22.9 Å². The molecule has 150 valence electrons. The van der Waals surface area contributed by atoms with Crippen molar-refractivity contribution in [3.05, 3.63) is 40.2 Å². The number of hydrogen-bond donors (Lipinski definition) is 0. The Labute approximate surface area is 174 Å². The van der Waals surface area contributed by atoms with Gasteiger partial charge in [-0.25, -0.2) is 8.42 Å². The van der Waals surface area contributed by atoms with Gasteiger partial charge in [0.05, 0.1) is 9.77 Å². The van der Waals surface area contributed by atoms with Crippen LogP contribution in [0.25, 0.3) is 22.2 Å². The first kappa shape index (κ1) is 21.0. The highest BCUT2D eigenvalue weighted by Gasteiger charge is 2.27. The number of nitrogens with zero attached hydrogens (tertiary/aromatic N) is 3. The second-order valence-corrected chi connectivity index (χ2v) is 9.91. The van der Waals surface area contributed by atoms with E-state index in [0.717, 1.165) is 18.4 Å². The third-order valence-electron chi connectivity index (χ3n) is 4.32. The van der Waals surface area contributed by atoms with E-state index in [1.165, 1.54) is 15.6 Å². The van der Waals surface area contributed by atoms with Crippen molar-refractivity contribution >= 4 is 33.0 Å². The molecular weight excluding hydrogens is 418 g/mol. The Hall–Kier alpha value is -1.74. The molecule has 6 nitrogen and oxygen atoms in total. The number of aromatic nitrogens is 2. The topological polar surface area (TPSA) is 76.3 Å². The Morgan fingerprint density at radius 1 is 1.25 bits per heavy atom. The molecule has 3 rings (SSSR count). The summed E-state index contributed by atoms with van der Waals surface area (Å²) in [6.07, 6.45) is 1.77. The molecule has 0 saturated carbocycles. The van der Waals surface area contributed by atoms with E-state index in [4.69, 9.17) is 16.1 Å². The fraction of sp³-hybridized carbons (Fsp3) is 0.368. The van der Waals surface area contributed by atoms with Gasteiger partial charge in [0.2, 0.25) is 15.8 Å². The summed E-state index contributed by atoms with van der Waals surface area (Å²) in [7, 11) is -3.56. The molecule has 0 saturated heterocycles. The zero-order valence-corrected chi connectivity index (χ0v) is 18.4. The maximum absolute atomic E-state index is 13.1. The Morgan fingerprint density at radius 2 is 2.04 bits per heavy atom. The summed E-state index contributed by atoms with van der Waals surface area (Å²) >= 11 is 7.35. The Bertz CT molecular complexity index is 1060. The van der Waals surface area contributed by atoms with Crippen molar-refractivity contribution in [1.29, 1.82) is 0 Å². The standard InChI is InChI=1S/C19H22ClN3O3S2/c1-4-6-10-23(5-2)28(24,25)17-12-16(27-13(17)3)19-21-18(22-26-19)14-8-7-9-15(20)11-14/h7-9,11-12H,4-6,10H2,1-3H3. The summed E-state index contributed by atoms with van der Waals surface area (Å²) in [6, 6.07) is 8.79. The molecule has 0 aliphatic carbocycles. The van der Waals surface area contributed by atoms with Crippen molar-refractivity contribution in [3.63, 3.8) is 0 Å². The Balaban J connectivity index is 1.92. The van der Waals surface area contributed by atoms with Crippen LogP contribution in [0.1, 0.15) is 31.6 Å². The molecule has 9 heteroatoms. The van der Waals surface area contributed by atoms with Gasteiger partial charge < -0.3 is 4.52 Å². The van der Waals surface area contributed by atoms with Gasteiger partial charge in [0.25, 0.3) is 5.89 Å². The summed E-state index contributed by atoms with van der Waals surface area (Å²) in [5.41, 5.74) is 0.736. The van der Waals surface area contributed by atoms with Gasteiger partial charge in [-0.3, -0.25) is 0 Å². The van der Waals surface area contributed by atoms with Crippen LogP contribution in [0.15, 0.2) is 39.8 Å². The van der Waals surface area contributed by atoms with Gasteiger partial charge >= 0.3 is 0 Å². The second kappa shape index (κ2) is 8.73. The third kappa shape index (κ3) is 4.30. The number of hydrogen-bond acceptors (Lipinski definition) is 6. The fourth-order valence-electron chi connectivity index (χ4n) is 2.82. The largest absolute Gasteiger partial charge is 0.333 e. The van der Waals surface area contributed by atoms with Gasteiger partial charge in [-0.2, -0.15) is 9.29 Å². The first-order valence-electron chi connectivity index (χ1n) is 9.07. The molecule has 0 aliphatic rings. The van der Waals surface area contributed by atoms with E-state index >= 15 is 0 Å².